The van der Waals surface area contributed by atoms with Crippen molar-refractivity contribution in [1.82, 2.24) is 0 Å². The molecule has 2 rings (SSSR count). The minimum atomic E-state index is -0.980. The second-order valence-electron chi connectivity index (χ2n) is 3.72. The fourth-order valence-electron chi connectivity index (χ4n) is 1.69. The molecule has 0 saturated carbocycles. The Hall–Kier alpha value is -1.55. The molecule has 1 saturated heterocycles. The van der Waals surface area contributed by atoms with Gasteiger partial charge in [-0.25, -0.2) is 4.79 Å². The Balaban J connectivity index is 2.10. The van der Waals surface area contributed by atoms with Gasteiger partial charge >= 0.3 is 5.97 Å². The quantitative estimate of drug-likeness (QED) is 0.852. The van der Waals surface area contributed by atoms with Crippen LogP contribution in [0.3, 0.4) is 0 Å². The van der Waals surface area contributed by atoms with E-state index in [1.54, 1.807) is 18.2 Å². The standard InChI is InChI=1S/C12H14O4/c13-12(14)9-5-1-2-6-10(9)16-11-7-3-4-8-15-11/h1-2,5-6,11H,3-4,7-8H2,(H,13,14). The summed E-state index contributed by atoms with van der Waals surface area (Å²) >= 11 is 0. The van der Waals surface area contributed by atoms with Gasteiger partial charge in [0.1, 0.15) is 11.3 Å². The molecule has 1 unspecified atom stereocenters. The smallest absolute Gasteiger partial charge is 0.339 e. The van der Waals surface area contributed by atoms with E-state index >= 15 is 0 Å². The highest BCUT2D eigenvalue weighted by Crippen LogP contribution is 2.22. The summed E-state index contributed by atoms with van der Waals surface area (Å²) in [6.45, 7) is 0.680. The first-order valence-corrected chi connectivity index (χ1v) is 5.38. The summed E-state index contributed by atoms with van der Waals surface area (Å²) < 4.78 is 10.9. The molecule has 86 valence electrons. The van der Waals surface area contributed by atoms with Gasteiger partial charge in [0, 0.05) is 6.42 Å². The third-order valence-electron chi connectivity index (χ3n) is 2.51. The first-order chi connectivity index (χ1) is 7.77. The lowest BCUT2D eigenvalue weighted by Crippen LogP contribution is -2.25. The topological polar surface area (TPSA) is 55.8 Å². The average molecular weight is 222 g/mol. The van der Waals surface area contributed by atoms with Crippen LogP contribution in [0.25, 0.3) is 0 Å². The summed E-state index contributed by atoms with van der Waals surface area (Å²) in [6, 6.07) is 6.62. The Morgan fingerprint density at radius 2 is 2.19 bits per heavy atom. The van der Waals surface area contributed by atoms with Crippen molar-refractivity contribution in [2.75, 3.05) is 6.61 Å². The van der Waals surface area contributed by atoms with Crippen molar-refractivity contribution in [3.63, 3.8) is 0 Å². The number of carboxylic acid groups (broad SMARTS) is 1. The van der Waals surface area contributed by atoms with Crippen LogP contribution in [0, 0.1) is 0 Å². The van der Waals surface area contributed by atoms with E-state index in [-0.39, 0.29) is 11.9 Å². The van der Waals surface area contributed by atoms with Gasteiger partial charge in [0.05, 0.1) is 6.61 Å². The van der Waals surface area contributed by atoms with Gasteiger partial charge in [0.25, 0.3) is 0 Å². The number of ether oxygens (including phenoxy) is 2. The molecule has 1 aromatic rings. The number of aromatic carboxylic acids is 1. The van der Waals surface area contributed by atoms with Crippen LogP contribution in [0.2, 0.25) is 0 Å². The van der Waals surface area contributed by atoms with Crippen LogP contribution in [-0.4, -0.2) is 24.0 Å². The van der Waals surface area contributed by atoms with Crippen molar-refractivity contribution in [3.05, 3.63) is 29.8 Å². The molecule has 0 aliphatic carbocycles. The van der Waals surface area contributed by atoms with E-state index in [0.717, 1.165) is 19.3 Å². The van der Waals surface area contributed by atoms with Gasteiger partial charge in [0.15, 0.2) is 6.29 Å². The zero-order valence-corrected chi connectivity index (χ0v) is 8.89. The molecule has 0 aromatic heterocycles. The van der Waals surface area contributed by atoms with Crippen LogP contribution in [0.15, 0.2) is 24.3 Å². The van der Waals surface area contributed by atoms with Crippen molar-refractivity contribution < 1.29 is 19.4 Å². The largest absolute Gasteiger partial charge is 0.478 e. The number of benzene rings is 1. The third-order valence-corrected chi connectivity index (χ3v) is 2.51. The molecule has 4 nitrogen and oxygen atoms in total. The lowest BCUT2D eigenvalue weighted by Gasteiger charge is -2.24. The molecular weight excluding hydrogens is 208 g/mol. The third kappa shape index (κ3) is 2.52. The highest BCUT2D eigenvalue weighted by molar-refractivity contribution is 5.90. The molecule has 1 N–H and O–H groups in total. The highest BCUT2D eigenvalue weighted by atomic mass is 16.7. The second-order valence-corrected chi connectivity index (χ2v) is 3.72. The minimum absolute atomic E-state index is 0.177. The lowest BCUT2D eigenvalue weighted by atomic mass is 10.2. The van der Waals surface area contributed by atoms with E-state index in [4.69, 9.17) is 14.6 Å². The maximum absolute atomic E-state index is 10.9. The molecule has 4 heteroatoms. The maximum atomic E-state index is 10.9. The predicted octanol–water partition coefficient (Wildman–Crippen LogP) is 2.29. The van der Waals surface area contributed by atoms with Crippen LogP contribution in [-0.2, 0) is 4.74 Å². The van der Waals surface area contributed by atoms with E-state index in [0.29, 0.717) is 12.4 Å². The molecular formula is C12H14O4. The van der Waals surface area contributed by atoms with Crippen LogP contribution in [0.4, 0.5) is 0 Å². The highest BCUT2D eigenvalue weighted by Gasteiger charge is 2.18. The first kappa shape index (κ1) is 11.0. The van der Waals surface area contributed by atoms with E-state index in [9.17, 15) is 4.79 Å². The molecule has 16 heavy (non-hydrogen) atoms. The number of para-hydroxylation sites is 1. The van der Waals surface area contributed by atoms with Crippen molar-refractivity contribution in [1.29, 1.82) is 0 Å². The normalized spacial score (nSPS) is 20.4. The lowest BCUT2D eigenvalue weighted by molar-refractivity contribution is -0.106. The van der Waals surface area contributed by atoms with Gasteiger partial charge in [0.2, 0.25) is 0 Å². The minimum Gasteiger partial charge on any atom is -0.478 e. The maximum Gasteiger partial charge on any atom is 0.339 e. The Morgan fingerprint density at radius 3 is 2.88 bits per heavy atom. The van der Waals surface area contributed by atoms with E-state index in [1.807, 2.05) is 0 Å². The number of hydrogen-bond acceptors (Lipinski definition) is 3. The summed E-state index contributed by atoms with van der Waals surface area (Å²) in [5, 5.41) is 8.97. The zero-order valence-electron chi connectivity index (χ0n) is 8.89. The number of carboxylic acids is 1. The Bertz CT molecular complexity index is 369. The summed E-state index contributed by atoms with van der Waals surface area (Å²) in [4.78, 5) is 10.9. The fourth-order valence-corrected chi connectivity index (χ4v) is 1.69. The van der Waals surface area contributed by atoms with Crippen LogP contribution >= 0.6 is 0 Å². The molecule has 0 radical (unpaired) electrons. The molecule has 1 heterocycles. The van der Waals surface area contributed by atoms with Gasteiger partial charge in [-0.05, 0) is 25.0 Å². The molecule has 1 aromatic carbocycles. The van der Waals surface area contributed by atoms with Crippen molar-refractivity contribution in [2.45, 2.75) is 25.6 Å². The summed E-state index contributed by atoms with van der Waals surface area (Å²) in [6.07, 6.45) is 2.60. The van der Waals surface area contributed by atoms with E-state index in [1.165, 1.54) is 6.07 Å². The number of hydrogen-bond donors (Lipinski definition) is 1. The molecule has 0 amide bonds. The summed E-state index contributed by atoms with van der Waals surface area (Å²) in [5.41, 5.74) is 0.177. The second kappa shape index (κ2) is 4.99. The summed E-state index contributed by atoms with van der Waals surface area (Å²) in [7, 11) is 0. The molecule has 1 aliphatic rings. The van der Waals surface area contributed by atoms with Crippen molar-refractivity contribution in [3.8, 4) is 5.75 Å². The average Bonchev–Trinajstić information content (AvgIpc) is 2.31. The monoisotopic (exact) mass is 222 g/mol. The van der Waals surface area contributed by atoms with Crippen molar-refractivity contribution in [2.24, 2.45) is 0 Å². The van der Waals surface area contributed by atoms with Crippen LogP contribution in [0.5, 0.6) is 5.75 Å². The molecule has 0 bridgehead atoms. The number of rotatable bonds is 3. The summed E-state index contributed by atoms with van der Waals surface area (Å²) in [5.74, 6) is -0.603. The molecule has 1 aliphatic heterocycles. The van der Waals surface area contributed by atoms with Gasteiger partial charge in [-0.3, -0.25) is 0 Å². The van der Waals surface area contributed by atoms with E-state index < -0.39 is 5.97 Å². The molecule has 1 fully saturated rings. The van der Waals surface area contributed by atoms with Crippen LogP contribution < -0.4 is 4.74 Å². The van der Waals surface area contributed by atoms with Gasteiger partial charge in [-0.1, -0.05) is 12.1 Å². The van der Waals surface area contributed by atoms with Crippen molar-refractivity contribution >= 4 is 5.97 Å². The predicted molar refractivity (Wildman–Crippen MR) is 57.6 cm³/mol. The van der Waals surface area contributed by atoms with Crippen LogP contribution in [0.1, 0.15) is 29.6 Å². The van der Waals surface area contributed by atoms with E-state index in [2.05, 4.69) is 0 Å². The van der Waals surface area contributed by atoms with Gasteiger partial charge < -0.3 is 14.6 Å². The zero-order chi connectivity index (χ0) is 11.4. The first-order valence-electron chi connectivity index (χ1n) is 5.38. The molecule has 1 atom stereocenters. The Morgan fingerprint density at radius 1 is 1.38 bits per heavy atom. The van der Waals surface area contributed by atoms with Gasteiger partial charge in [-0.2, -0.15) is 0 Å². The Labute approximate surface area is 93.8 Å². The number of carbonyl (C=O) groups is 1. The fraction of sp³-hybridized carbons (Fsp3) is 0.417. The SMILES string of the molecule is O=C(O)c1ccccc1OC1CCCCO1. The Kier molecular flexibility index (Phi) is 3.41. The molecule has 0 spiro atoms. The van der Waals surface area contributed by atoms with Gasteiger partial charge in [-0.15, -0.1) is 0 Å².